The summed E-state index contributed by atoms with van der Waals surface area (Å²) in [7, 11) is 0. The van der Waals surface area contributed by atoms with Gasteiger partial charge in [0.15, 0.2) is 0 Å². The molecule has 0 aromatic heterocycles. The zero-order chi connectivity index (χ0) is 0. The molecular formula is Br3Ho. The van der Waals surface area contributed by atoms with Crippen LogP contribution in [0.2, 0.25) is 0 Å². The van der Waals surface area contributed by atoms with E-state index in [0.29, 0.717) is 0 Å². The number of rotatable bonds is 0. The molecule has 32 valence electrons. The van der Waals surface area contributed by atoms with Crippen LogP contribution in [-0.4, -0.2) is 0 Å². The van der Waals surface area contributed by atoms with E-state index in [2.05, 4.69) is 0 Å². The second-order valence-corrected chi connectivity index (χ2v) is 0. The van der Waals surface area contributed by atoms with Crippen LogP contribution in [0.25, 0.3) is 0 Å². The van der Waals surface area contributed by atoms with E-state index in [-0.39, 0.29) is 88.7 Å². The van der Waals surface area contributed by atoms with Gasteiger partial charge < -0.3 is 50.9 Å². The van der Waals surface area contributed by atoms with Gasteiger partial charge in [0, 0.05) is 0 Å². The van der Waals surface area contributed by atoms with E-state index in [9.17, 15) is 0 Å². The first-order chi connectivity index (χ1) is 0. The van der Waals surface area contributed by atoms with Gasteiger partial charge in [-0.05, 0) is 0 Å². The van der Waals surface area contributed by atoms with Gasteiger partial charge in [0.1, 0.15) is 0 Å². The standard InChI is InChI=1S/3BrH.Ho/h3*1H;/q;;;+3/p-3. The zero-order valence-corrected chi connectivity index (χ0v) is 8.13. The Morgan fingerprint density at radius 1 is 0.500 bits per heavy atom. The van der Waals surface area contributed by atoms with Crippen LogP contribution >= 0.6 is 0 Å². The third-order valence-electron chi connectivity index (χ3n) is 0. The minimum absolute atomic E-state index is 0. The molecule has 0 atom stereocenters. The Morgan fingerprint density at radius 3 is 0.500 bits per heavy atom. The maximum absolute atomic E-state index is 0. The molecular weight excluding hydrogens is 405 g/mol. The second-order valence-electron chi connectivity index (χ2n) is 0. The molecule has 4 heavy (non-hydrogen) atoms. The van der Waals surface area contributed by atoms with Crippen molar-refractivity contribution in [3.05, 3.63) is 0 Å². The maximum atomic E-state index is 0. The number of halogens is 3. The first kappa shape index (κ1) is 29.9. The minimum Gasteiger partial charge on any atom is -1.00 e. The molecule has 0 aliphatic heterocycles. The van der Waals surface area contributed by atoms with Crippen molar-refractivity contribution in [1.82, 2.24) is 0 Å². The quantitative estimate of drug-likeness (QED) is 0.352. The maximum Gasteiger partial charge on any atom is 3.00 e. The fraction of sp³-hybridized carbons (Fsp3) is 0. The van der Waals surface area contributed by atoms with Crippen LogP contribution < -0.4 is 50.9 Å². The van der Waals surface area contributed by atoms with Gasteiger partial charge in [-0.3, -0.25) is 0 Å². The van der Waals surface area contributed by atoms with Crippen molar-refractivity contribution in [3.8, 4) is 0 Å². The molecule has 0 nitrogen and oxygen atoms in total. The van der Waals surface area contributed by atoms with Gasteiger partial charge in [0.25, 0.3) is 0 Å². The molecule has 0 spiro atoms. The first-order valence-electron chi connectivity index (χ1n) is 0. The van der Waals surface area contributed by atoms with Crippen molar-refractivity contribution in [3.63, 3.8) is 0 Å². The van der Waals surface area contributed by atoms with E-state index < -0.39 is 0 Å². The zero-order valence-electron chi connectivity index (χ0n) is 1.44. The van der Waals surface area contributed by atoms with Crippen LogP contribution in [-0.2, 0) is 0 Å². The van der Waals surface area contributed by atoms with E-state index in [1.54, 1.807) is 0 Å². The molecule has 0 saturated carbocycles. The summed E-state index contributed by atoms with van der Waals surface area (Å²) < 4.78 is 0. The summed E-state index contributed by atoms with van der Waals surface area (Å²) in [5.41, 5.74) is 0. The second kappa shape index (κ2) is 17.3. The molecule has 0 heterocycles. The molecule has 0 fully saturated rings. The molecule has 0 radical (unpaired) electrons. The Morgan fingerprint density at radius 2 is 0.500 bits per heavy atom. The fourth-order valence-electron chi connectivity index (χ4n) is 0. The molecule has 0 aliphatic rings. The van der Waals surface area contributed by atoms with E-state index in [4.69, 9.17) is 0 Å². The molecule has 0 rings (SSSR count). The Kier molecular flexibility index (Phi) is 129. The monoisotopic (exact) mass is 402 g/mol. The fourth-order valence-corrected chi connectivity index (χ4v) is 0. The van der Waals surface area contributed by atoms with Crippen LogP contribution in [0, 0.1) is 37.7 Å². The smallest absolute Gasteiger partial charge is 1.00 e. The van der Waals surface area contributed by atoms with Crippen molar-refractivity contribution >= 4 is 0 Å². The third kappa shape index (κ3) is 8.83. The van der Waals surface area contributed by atoms with Crippen molar-refractivity contribution < 1.29 is 88.7 Å². The summed E-state index contributed by atoms with van der Waals surface area (Å²) in [5, 5.41) is 0. The predicted molar refractivity (Wildman–Crippen MR) is 0 cm³/mol. The number of hydrogen-bond donors (Lipinski definition) is 0. The molecule has 0 unspecified atom stereocenters. The molecule has 4 heteroatoms. The topological polar surface area (TPSA) is 0 Å². The summed E-state index contributed by atoms with van der Waals surface area (Å²) >= 11 is 0. The predicted octanol–water partition coefficient (Wildman–Crippen LogP) is -8.99. The summed E-state index contributed by atoms with van der Waals surface area (Å²) in [6.45, 7) is 0. The van der Waals surface area contributed by atoms with Crippen LogP contribution in [0.4, 0.5) is 0 Å². The molecule has 0 aromatic rings. The third-order valence-corrected chi connectivity index (χ3v) is 0. The summed E-state index contributed by atoms with van der Waals surface area (Å²) in [5.74, 6) is 0. The van der Waals surface area contributed by atoms with E-state index >= 15 is 0 Å². The average molecular weight is 405 g/mol. The van der Waals surface area contributed by atoms with Crippen LogP contribution in [0.3, 0.4) is 0 Å². The normalized spacial score (nSPS) is 0. The van der Waals surface area contributed by atoms with Crippen molar-refractivity contribution in [2.45, 2.75) is 0 Å². The van der Waals surface area contributed by atoms with E-state index in [1.165, 1.54) is 0 Å². The Hall–Kier alpha value is 2.70. The molecule has 0 aromatic carbocycles. The first-order valence-corrected chi connectivity index (χ1v) is 0. The van der Waals surface area contributed by atoms with Gasteiger partial charge in [-0.15, -0.1) is 0 Å². The largest absolute Gasteiger partial charge is 3.00 e. The molecule has 0 amide bonds. The van der Waals surface area contributed by atoms with Gasteiger partial charge in [-0.1, -0.05) is 0 Å². The van der Waals surface area contributed by atoms with Crippen molar-refractivity contribution in [2.24, 2.45) is 0 Å². The summed E-state index contributed by atoms with van der Waals surface area (Å²) in [6, 6.07) is 0. The molecule has 0 bridgehead atoms. The number of hydrogen-bond acceptors (Lipinski definition) is 0. The summed E-state index contributed by atoms with van der Waals surface area (Å²) in [4.78, 5) is 0. The Bertz CT molecular complexity index is 3.25. The summed E-state index contributed by atoms with van der Waals surface area (Å²) in [6.07, 6.45) is 0. The van der Waals surface area contributed by atoms with Gasteiger partial charge in [0.2, 0.25) is 0 Å². The Balaban J connectivity index is 0. The molecule has 0 N–H and O–H groups in total. The van der Waals surface area contributed by atoms with Crippen LogP contribution in [0.5, 0.6) is 0 Å². The van der Waals surface area contributed by atoms with Crippen molar-refractivity contribution in [2.75, 3.05) is 0 Å². The minimum atomic E-state index is 0. The van der Waals surface area contributed by atoms with Crippen LogP contribution in [0.15, 0.2) is 0 Å². The van der Waals surface area contributed by atoms with E-state index in [1.807, 2.05) is 0 Å². The van der Waals surface area contributed by atoms with Crippen LogP contribution in [0.1, 0.15) is 0 Å². The molecule has 0 saturated heterocycles. The average Bonchev–Trinajstić information content (AvgIpc) is 0. The molecule has 0 aliphatic carbocycles. The van der Waals surface area contributed by atoms with Gasteiger partial charge >= 0.3 is 37.7 Å². The van der Waals surface area contributed by atoms with E-state index in [0.717, 1.165) is 0 Å². The van der Waals surface area contributed by atoms with Gasteiger partial charge in [-0.2, -0.15) is 0 Å². The van der Waals surface area contributed by atoms with Crippen molar-refractivity contribution in [1.29, 1.82) is 0 Å². The van der Waals surface area contributed by atoms with Gasteiger partial charge in [0.05, 0.1) is 0 Å². The Labute approximate surface area is 87.0 Å². The SMILES string of the molecule is [Br-].[Br-].[Br-].[Ho+3]. The van der Waals surface area contributed by atoms with Gasteiger partial charge in [-0.25, -0.2) is 0 Å².